The van der Waals surface area contributed by atoms with Crippen LogP contribution >= 0.6 is 35.0 Å². The van der Waals surface area contributed by atoms with Gasteiger partial charge in [-0.25, -0.2) is 0 Å². The van der Waals surface area contributed by atoms with Gasteiger partial charge in [-0.15, -0.1) is 11.8 Å². The number of thioether (sulfide) groups is 1. The highest BCUT2D eigenvalue weighted by molar-refractivity contribution is 8.00. The Kier molecular flexibility index (Phi) is 10.2. The van der Waals surface area contributed by atoms with E-state index in [1.54, 1.807) is 23.1 Å². The smallest absolute Gasteiger partial charge is 0.242 e. The van der Waals surface area contributed by atoms with E-state index >= 15 is 0 Å². The van der Waals surface area contributed by atoms with Gasteiger partial charge < -0.3 is 10.2 Å². The lowest BCUT2D eigenvalue weighted by Crippen LogP contribution is -2.50. The molecular weight excluding hydrogens is 451 g/mol. The number of hydrogen-bond acceptors (Lipinski definition) is 3. The Morgan fingerprint density at radius 3 is 2.35 bits per heavy atom. The van der Waals surface area contributed by atoms with E-state index in [0.29, 0.717) is 28.9 Å². The normalized spacial score (nSPS) is 12.0. The zero-order chi connectivity index (χ0) is 23.0. The van der Waals surface area contributed by atoms with E-state index in [0.717, 1.165) is 10.5 Å². The molecule has 0 aromatic heterocycles. The molecule has 168 valence electrons. The first-order valence-electron chi connectivity index (χ1n) is 10.4. The first-order chi connectivity index (χ1) is 14.7. The van der Waals surface area contributed by atoms with Gasteiger partial charge in [0.15, 0.2) is 0 Å². The predicted molar refractivity (Wildman–Crippen MR) is 131 cm³/mol. The molecule has 4 nitrogen and oxygen atoms in total. The van der Waals surface area contributed by atoms with Gasteiger partial charge in [-0.05, 0) is 49.1 Å². The Labute approximate surface area is 199 Å². The summed E-state index contributed by atoms with van der Waals surface area (Å²) in [6.45, 7) is 8.83. The summed E-state index contributed by atoms with van der Waals surface area (Å²) in [5.74, 6) is 0.314. The Morgan fingerprint density at radius 2 is 1.77 bits per heavy atom. The van der Waals surface area contributed by atoms with Crippen molar-refractivity contribution in [2.24, 2.45) is 5.92 Å². The van der Waals surface area contributed by atoms with Gasteiger partial charge in [0.1, 0.15) is 6.04 Å². The second kappa shape index (κ2) is 12.4. The molecule has 1 atom stereocenters. The number of halogens is 2. The summed E-state index contributed by atoms with van der Waals surface area (Å²) in [7, 11) is 0. The Balaban J connectivity index is 2.22. The number of aryl methyl sites for hydroxylation is 1. The van der Waals surface area contributed by atoms with Crippen LogP contribution < -0.4 is 5.32 Å². The summed E-state index contributed by atoms with van der Waals surface area (Å²) in [6.07, 6.45) is 0.510. The van der Waals surface area contributed by atoms with E-state index in [-0.39, 0.29) is 24.1 Å². The summed E-state index contributed by atoms with van der Waals surface area (Å²) in [5, 5.41) is 3.98. The quantitative estimate of drug-likeness (QED) is 0.425. The Hall–Kier alpha value is -1.69. The molecule has 0 aliphatic heterocycles. The van der Waals surface area contributed by atoms with Crippen molar-refractivity contribution in [3.8, 4) is 0 Å². The molecular formula is C24H30Cl2N2O2S. The second-order valence-corrected chi connectivity index (χ2v) is 9.81. The maximum absolute atomic E-state index is 13.3. The molecule has 2 aromatic carbocycles. The van der Waals surface area contributed by atoms with Crippen molar-refractivity contribution >= 4 is 46.8 Å². The van der Waals surface area contributed by atoms with Crippen LogP contribution in [0, 0.1) is 12.8 Å². The fourth-order valence-electron chi connectivity index (χ4n) is 3.04. The van der Waals surface area contributed by atoms with Crippen molar-refractivity contribution in [2.45, 2.75) is 51.6 Å². The maximum atomic E-state index is 13.3. The number of carbonyl (C=O) groups excluding carboxylic acids is 2. The summed E-state index contributed by atoms with van der Waals surface area (Å²) in [6, 6.07) is 12.7. The number of benzene rings is 2. The topological polar surface area (TPSA) is 49.4 Å². The fraction of sp³-hybridized carbons (Fsp3) is 0.417. The van der Waals surface area contributed by atoms with Crippen molar-refractivity contribution in [3.05, 3.63) is 63.6 Å². The summed E-state index contributed by atoms with van der Waals surface area (Å²) < 4.78 is 0. The van der Waals surface area contributed by atoms with Gasteiger partial charge in [-0.2, -0.15) is 0 Å². The Bertz CT molecular complexity index is 888. The highest BCUT2D eigenvalue weighted by Crippen LogP contribution is 2.25. The first-order valence-corrected chi connectivity index (χ1v) is 12.2. The standard InChI is InChI=1S/C24H30Cl2N2O2S/c1-5-22(24(30)27-13-16(2)3)28(14-18-8-9-19(25)12-21(18)26)23(29)15-31-20-10-6-17(4)7-11-20/h6-12,16,22H,5,13-15H2,1-4H3,(H,27,30). The lowest BCUT2D eigenvalue weighted by molar-refractivity contribution is -0.139. The van der Waals surface area contributed by atoms with Gasteiger partial charge in [-0.1, -0.05) is 67.7 Å². The van der Waals surface area contributed by atoms with Crippen molar-refractivity contribution in [1.29, 1.82) is 0 Å². The van der Waals surface area contributed by atoms with Crippen LogP contribution in [-0.4, -0.2) is 35.1 Å². The van der Waals surface area contributed by atoms with E-state index in [1.807, 2.05) is 52.0 Å². The van der Waals surface area contributed by atoms with Gasteiger partial charge in [0.2, 0.25) is 11.8 Å². The van der Waals surface area contributed by atoms with Crippen molar-refractivity contribution in [1.82, 2.24) is 10.2 Å². The highest BCUT2D eigenvalue weighted by atomic mass is 35.5. The zero-order valence-corrected chi connectivity index (χ0v) is 20.8. The molecule has 1 unspecified atom stereocenters. The van der Waals surface area contributed by atoms with Gasteiger partial charge >= 0.3 is 0 Å². The molecule has 0 heterocycles. The van der Waals surface area contributed by atoms with Gasteiger partial charge in [-0.3, -0.25) is 9.59 Å². The third-order valence-electron chi connectivity index (χ3n) is 4.81. The van der Waals surface area contributed by atoms with Crippen LogP contribution in [0.25, 0.3) is 0 Å². The van der Waals surface area contributed by atoms with E-state index in [2.05, 4.69) is 5.32 Å². The summed E-state index contributed by atoms with van der Waals surface area (Å²) >= 11 is 13.9. The first kappa shape index (κ1) is 25.6. The van der Waals surface area contributed by atoms with E-state index in [1.165, 1.54) is 17.3 Å². The second-order valence-electron chi connectivity index (χ2n) is 7.92. The predicted octanol–water partition coefficient (Wildman–Crippen LogP) is 5.97. The average molecular weight is 481 g/mol. The monoisotopic (exact) mass is 480 g/mol. The van der Waals surface area contributed by atoms with Crippen molar-refractivity contribution < 1.29 is 9.59 Å². The molecule has 31 heavy (non-hydrogen) atoms. The van der Waals surface area contributed by atoms with Crippen LogP contribution in [0.3, 0.4) is 0 Å². The number of nitrogens with zero attached hydrogens (tertiary/aromatic N) is 1. The number of rotatable bonds is 10. The average Bonchev–Trinajstić information content (AvgIpc) is 2.73. The lowest BCUT2D eigenvalue weighted by atomic mass is 10.1. The molecule has 2 aromatic rings. The molecule has 0 saturated heterocycles. The van der Waals surface area contributed by atoms with E-state index < -0.39 is 6.04 Å². The number of carbonyl (C=O) groups is 2. The van der Waals surface area contributed by atoms with Gasteiger partial charge in [0.25, 0.3) is 0 Å². The third kappa shape index (κ3) is 8.06. The minimum absolute atomic E-state index is 0.108. The van der Waals surface area contributed by atoms with Crippen LogP contribution in [-0.2, 0) is 16.1 Å². The van der Waals surface area contributed by atoms with Gasteiger partial charge in [0.05, 0.1) is 5.75 Å². The molecule has 0 aliphatic rings. The maximum Gasteiger partial charge on any atom is 0.242 e. The van der Waals surface area contributed by atoms with E-state index in [4.69, 9.17) is 23.2 Å². The van der Waals surface area contributed by atoms with Gasteiger partial charge in [0, 0.05) is 28.0 Å². The van der Waals surface area contributed by atoms with Crippen molar-refractivity contribution in [2.75, 3.05) is 12.3 Å². The minimum atomic E-state index is -0.573. The zero-order valence-electron chi connectivity index (χ0n) is 18.5. The molecule has 0 saturated carbocycles. The molecule has 1 N–H and O–H groups in total. The van der Waals surface area contributed by atoms with Crippen LogP contribution in [0.4, 0.5) is 0 Å². The van der Waals surface area contributed by atoms with Crippen LogP contribution in [0.2, 0.25) is 10.0 Å². The SMILES string of the molecule is CCC(C(=O)NCC(C)C)N(Cc1ccc(Cl)cc1Cl)C(=O)CSc1ccc(C)cc1. The molecule has 7 heteroatoms. The minimum Gasteiger partial charge on any atom is -0.354 e. The van der Waals surface area contributed by atoms with E-state index in [9.17, 15) is 9.59 Å². The van der Waals surface area contributed by atoms with Crippen LogP contribution in [0.1, 0.15) is 38.3 Å². The largest absolute Gasteiger partial charge is 0.354 e. The molecule has 0 bridgehead atoms. The van der Waals surface area contributed by atoms with Crippen molar-refractivity contribution in [3.63, 3.8) is 0 Å². The number of hydrogen-bond donors (Lipinski definition) is 1. The highest BCUT2D eigenvalue weighted by Gasteiger charge is 2.29. The number of amides is 2. The molecule has 2 rings (SSSR count). The number of nitrogens with one attached hydrogen (secondary N) is 1. The summed E-state index contributed by atoms with van der Waals surface area (Å²) in [4.78, 5) is 28.8. The molecule has 0 fully saturated rings. The molecule has 2 amide bonds. The third-order valence-corrected chi connectivity index (χ3v) is 6.39. The molecule has 0 spiro atoms. The molecule has 0 aliphatic carbocycles. The fourth-order valence-corrected chi connectivity index (χ4v) is 4.29. The Morgan fingerprint density at radius 1 is 1.10 bits per heavy atom. The van der Waals surface area contributed by atoms with Crippen LogP contribution in [0.5, 0.6) is 0 Å². The summed E-state index contributed by atoms with van der Waals surface area (Å²) in [5.41, 5.74) is 1.93. The van der Waals surface area contributed by atoms with Crippen LogP contribution in [0.15, 0.2) is 47.4 Å². The lowest BCUT2D eigenvalue weighted by Gasteiger charge is -2.31. The molecule has 0 radical (unpaired) electrons.